The molecule has 10 heteroatoms. The van der Waals surface area contributed by atoms with Crippen LogP contribution in [0.2, 0.25) is 0 Å². The number of carbonyl (C=O) groups excluding carboxylic acids is 3. The number of barbiturate groups is 1. The van der Waals surface area contributed by atoms with Crippen molar-refractivity contribution in [1.82, 2.24) is 5.32 Å². The van der Waals surface area contributed by atoms with Crippen molar-refractivity contribution in [3.63, 3.8) is 0 Å². The van der Waals surface area contributed by atoms with Gasteiger partial charge in [-0.2, -0.15) is 0 Å². The lowest BCUT2D eigenvalue weighted by Crippen LogP contribution is -2.54. The van der Waals surface area contributed by atoms with Crippen LogP contribution < -0.4 is 24.4 Å². The monoisotopic (exact) mass is 614 g/mol. The van der Waals surface area contributed by atoms with Crippen LogP contribution in [-0.2, 0) is 16.2 Å². The lowest BCUT2D eigenvalue weighted by atomic mass is 10.1. The van der Waals surface area contributed by atoms with E-state index in [0.717, 1.165) is 14.9 Å². The van der Waals surface area contributed by atoms with E-state index in [1.54, 1.807) is 36.4 Å². The van der Waals surface area contributed by atoms with Gasteiger partial charge in [-0.05, 0) is 70.0 Å². The predicted molar refractivity (Wildman–Crippen MR) is 141 cm³/mol. The Morgan fingerprint density at radius 2 is 1.64 bits per heavy atom. The van der Waals surface area contributed by atoms with E-state index in [-0.39, 0.29) is 12.2 Å². The van der Waals surface area contributed by atoms with Crippen molar-refractivity contribution >= 4 is 61.5 Å². The fourth-order valence-corrected chi connectivity index (χ4v) is 4.49. The summed E-state index contributed by atoms with van der Waals surface area (Å²) in [6.45, 7) is 0.288. The zero-order valence-corrected chi connectivity index (χ0v) is 22.4. The van der Waals surface area contributed by atoms with Crippen LogP contribution >= 0.6 is 31.9 Å². The first-order chi connectivity index (χ1) is 17.3. The van der Waals surface area contributed by atoms with Crippen LogP contribution in [-0.4, -0.2) is 32.1 Å². The number of urea groups is 1. The fourth-order valence-electron chi connectivity index (χ4n) is 3.52. The highest BCUT2D eigenvalue weighted by molar-refractivity contribution is 9.10. The molecule has 3 aromatic rings. The summed E-state index contributed by atoms with van der Waals surface area (Å²) in [4.78, 5) is 39.1. The van der Waals surface area contributed by atoms with Crippen molar-refractivity contribution in [2.75, 3.05) is 19.1 Å². The van der Waals surface area contributed by atoms with Crippen molar-refractivity contribution in [2.45, 2.75) is 6.61 Å². The number of methoxy groups -OCH3 is 2. The summed E-state index contributed by atoms with van der Waals surface area (Å²) in [6, 6.07) is 16.5. The highest BCUT2D eigenvalue weighted by atomic mass is 79.9. The van der Waals surface area contributed by atoms with E-state index in [1.165, 1.54) is 20.3 Å². The largest absolute Gasteiger partial charge is 0.497 e. The van der Waals surface area contributed by atoms with E-state index in [2.05, 4.69) is 37.2 Å². The van der Waals surface area contributed by atoms with E-state index in [0.29, 0.717) is 33.0 Å². The molecule has 0 atom stereocenters. The van der Waals surface area contributed by atoms with Crippen molar-refractivity contribution in [1.29, 1.82) is 0 Å². The van der Waals surface area contributed by atoms with Gasteiger partial charge in [0.15, 0.2) is 11.5 Å². The molecule has 0 spiro atoms. The van der Waals surface area contributed by atoms with Crippen LogP contribution in [0.4, 0.5) is 10.5 Å². The van der Waals surface area contributed by atoms with Gasteiger partial charge in [-0.3, -0.25) is 14.9 Å². The molecule has 1 N–H and O–H groups in total. The standard InChI is InChI=1S/C26H20Br2N2O6/c1-34-18-9-7-17(8-10-18)30-25(32)19(24(31)29-26(30)33)11-15-12-21(28)23(22(13-15)35-2)36-14-16-5-3-4-6-20(16)27/h3-13H,14H2,1-2H3,(H,29,31,33)/b19-11+. The molecule has 1 fully saturated rings. The van der Waals surface area contributed by atoms with Gasteiger partial charge in [-0.1, -0.05) is 34.1 Å². The van der Waals surface area contributed by atoms with Crippen LogP contribution in [0, 0.1) is 0 Å². The maximum Gasteiger partial charge on any atom is 0.335 e. The van der Waals surface area contributed by atoms with Gasteiger partial charge in [-0.25, -0.2) is 9.69 Å². The van der Waals surface area contributed by atoms with Gasteiger partial charge >= 0.3 is 6.03 Å². The molecule has 0 aromatic heterocycles. The number of nitrogens with zero attached hydrogens (tertiary/aromatic N) is 1. The van der Waals surface area contributed by atoms with Crippen LogP contribution in [0.3, 0.4) is 0 Å². The Bertz CT molecular complexity index is 1370. The van der Waals surface area contributed by atoms with Gasteiger partial charge in [0.2, 0.25) is 0 Å². The van der Waals surface area contributed by atoms with Gasteiger partial charge in [0, 0.05) is 10.0 Å². The first-order valence-corrected chi connectivity index (χ1v) is 12.2. The van der Waals surface area contributed by atoms with Gasteiger partial charge in [-0.15, -0.1) is 0 Å². The highest BCUT2D eigenvalue weighted by Gasteiger charge is 2.36. The van der Waals surface area contributed by atoms with Crippen LogP contribution in [0.1, 0.15) is 11.1 Å². The van der Waals surface area contributed by atoms with Gasteiger partial charge in [0.1, 0.15) is 17.9 Å². The number of hydrogen-bond acceptors (Lipinski definition) is 6. The number of amides is 4. The molecule has 3 aromatic carbocycles. The number of ether oxygens (including phenoxy) is 3. The average molecular weight is 616 g/mol. The van der Waals surface area contributed by atoms with Crippen LogP contribution in [0.15, 0.2) is 75.2 Å². The predicted octanol–water partition coefficient (Wildman–Crippen LogP) is 5.47. The summed E-state index contributed by atoms with van der Waals surface area (Å²) in [5.74, 6) is -0.119. The molecular formula is C26H20Br2N2O6. The summed E-state index contributed by atoms with van der Waals surface area (Å²) >= 11 is 6.99. The molecule has 36 heavy (non-hydrogen) atoms. The molecule has 184 valence electrons. The number of rotatable bonds is 7. The van der Waals surface area contributed by atoms with Gasteiger partial charge in [0.05, 0.1) is 24.4 Å². The number of nitrogens with one attached hydrogen (secondary N) is 1. The van der Waals surface area contributed by atoms with E-state index in [9.17, 15) is 14.4 Å². The third-order valence-corrected chi connectivity index (χ3v) is 6.69. The van der Waals surface area contributed by atoms with E-state index < -0.39 is 17.8 Å². The minimum absolute atomic E-state index is 0.207. The zero-order valence-electron chi connectivity index (χ0n) is 19.2. The number of anilines is 1. The lowest BCUT2D eigenvalue weighted by Gasteiger charge is -2.26. The Balaban J connectivity index is 1.64. The first-order valence-electron chi connectivity index (χ1n) is 10.6. The second-order valence-corrected chi connectivity index (χ2v) is 9.28. The topological polar surface area (TPSA) is 94.2 Å². The summed E-state index contributed by atoms with van der Waals surface area (Å²) in [7, 11) is 3.00. The maximum atomic E-state index is 13.2. The van der Waals surface area contributed by atoms with E-state index in [4.69, 9.17) is 14.2 Å². The van der Waals surface area contributed by atoms with Crippen LogP contribution in [0.5, 0.6) is 17.2 Å². The van der Waals surface area contributed by atoms with Gasteiger partial charge in [0.25, 0.3) is 11.8 Å². The van der Waals surface area contributed by atoms with Crippen LogP contribution in [0.25, 0.3) is 6.08 Å². The Labute approximate surface area is 224 Å². The third kappa shape index (κ3) is 5.29. The lowest BCUT2D eigenvalue weighted by molar-refractivity contribution is -0.122. The van der Waals surface area contributed by atoms with Gasteiger partial charge < -0.3 is 14.2 Å². The molecule has 0 radical (unpaired) electrons. The summed E-state index contributed by atoms with van der Waals surface area (Å²) in [5.41, 5.74) is 1.53. The minimum atomic E-state index is -0.832. The summed E-state index contributed by atoms with van der Waals surface area (Å²) < 4.78 is 18.1. The summed E-state index contributed by atoms with van der Waals surface area (Å²) in [5, 5.41) is 2.21. The highest BCUT2D eigenvalue weighted by Crippen LogP contribution is 2.38. The molecule has 1 heterocycles. The first kappa shape index (κ1) is 25.5. The number of imide groups is 2. The molecule has 0 unspecified atom stereocenters. The molecule has 4 rings (SSSR count). The Morgan fingerprint density at radius 3 is 2.31 bits per heavy atom. The normalized spacial score (nSPS) is 14.6. The number of halogens is 2. The average Bonchev–Trinajstić information content (AvgIpc) is 2.86. The van der Waals surface area contributed by atoms with Crippen molar-refractivity contribution in [3.8, 4) is 17.2 Å². The number of hydrogen-bond donors (Lipinski definition) is 1. The molecule has 0 bridgehead atoms. The van der Waals surface area contributed by atoms with E-state index >= 15 is 0 Å². The zero-order chi connectivity index (χ0) is 25.8. The molecule has 1 saturated heterocycles. The third-order valence-electron chi connectivity index (χ3n) is 5.32. The SMILES string of the molecule is COc1ccc(N2C(=O)NC(=O)/C(=C\c3cc(Br)c(OCc4ccccc4Br)c(OC)c3)C2=O)cc1. The summed E-state index contributed by atoms with van der Waals surface area (Å²) in [6.07, 6.45) is 1.39. The Morgan fingerprint density at radius 1 is 0.917 bits per heavy atom. The molecule has 1 aliphatic heterocycles. The Hall–Kier alpha value is -3.63. The minimum Gasteiger partial charge on any atom is -0.497 e. The molecule has 1 aliphatic rings. The van der Waals surface area contributed by atoms with E-state index in [1.807, 2.05) is 24.3 Å². The Kier molecular flexibility index (Phi) is 7.76. The number of benzene rings is 3. The van der Waals surface area contributed by atoms with Crippen molar-refractivity contribution in [3.05, 3.63) is 86.3 Å². The number of carbonyl (C=O) groups is 3. The second kappa shape index (κ2) is 11.0. The maximum absolute atomic E-state index is 13.2. The van der Waals surface area contributed by atoms with Crippen molar-refractivity contribution in [2.24, 2.45) is 0 Å². The smallest absolute Gasteiger partial charge is 0.335 e. The molecule has 0 aliphatic carbocycles. The molecule has 0 saturated carbocycles. The molecule has 4 amide bonds. The fraction of sp³-hybridized carbons (Fsp3) is 0.115. The quantitative estimate of drug-likeness (QED) is 0.280. The molecular weight excluding hydrogens is 596 g/mol. The molecule has 8 nitrogen and oxygen atoms in total. The second-order valence-electron chi connectivity index (χ2n) is 7.57. The van der Waals surface area contributed by atoms with Crippen molar-refractivity contribution < 1.29 is 28.6 Å².